The number of nitrogens with one attached hydrogen (secondary N) is 1. The average Bonchev–Trinajstić information content (AvgIpc) is 2.76. The summed E-state index contributed by atoms with van der Waals surface area (Å²) >= 11 is 0. The summed E-state index contributed by atoms with van der Waals surface area (Å²) in [6.45, 7) is 5.66. The summed E-state index contributed by atoms with van der Waals surface area (Å²) in [4.78, 5) is 11.8. The Kier molecular flexibility index (Phi) is 4.35. The van der Waals surface area contributed by atoms with E-state index in [2.05, 4.69) is 10.5 Å². The summed E-state index contributed by atoms with van der Waals surface area (Å²) in [6, 6.07) is 11.5. The van der Waals surface area contributed by atoms with E-state index in [1.165, 1.54) is 0 Å². The predicted octanol–water partition coefficient (Wildman–Crippen LogP) is 2.98. The highest BCUT2D eigenvalue weighted by atomic mass is 16.3. The Hall–Kier alpha value is -2.36. The SMILES string of the molecule is C/C(=N\NC(=O)Cc1ccccc1)c1oc(C)cc1C. The Labute approximate surface area is 118 Å². The van der Waals surface area contributed by atoms with Gasteiger partial charge in [0.25, 0.3) is 0 Å². The molecule has 0 bridgehead atoms. The number of hydrazone groups is 1. The second-order valence-electron chi connectivity index (χ2n) is 4.76. The van der Waals surface area contributed by atoms with Crippen LogP contribution in [0.25, 0.3) is 0 Å². The summed E-state index contributed by atoms with van der Waals surface area (Å²) in [6.07, 6.45) is 0.313. The number of benzene rings is 1. The highest BCUT2D eigenvalue weighted by Gasteiger charge is 2.09. The molecule has 2 aromatic rings. The zero-order valence-corrected chi connectivity index (χ0v) is 11.9. The molecule has 0 saturated carbocycles. The van der Waals surface area contributed by atoms with Gasteiger partial charge in [-0.2, -0.15) is 5.10 Å². The van der Waals surface area contributed by atoms with Gasteiger partial charge in [0.05, 0.1) is 6.42 Å². The van der Waals surface area contributed by atoms with Gasteiger partial charge in [-0.15, -0.1) is 0 Å². The molecule has 4 nitrogen and oxygen atoms in total. The minimum atomic E-state index is -0.142. The molecule has 4 heteroatoms. The fraction of sp³-hybridized carbons (Fsp3) is 0.250. The highest BCUT2D eigenvalue weighted by molar-refractivity contribution is 5.98. The smallest absolute Gasteiger partial charge is 0.244 e. The minimum Gasteiger partial charge on any atom is -0.460 e. The van der Waals surface area contributed by atoms with Crippen LogP contribution < -0.4 is 5.43 Å². The summed E-state index contributed by atoms with van der Waals surface area (Å²) < 4.78 is 5.54. The van der Waals surface area contributed by atoms with E-state index in [1.807, 2.05) is 57.2 Å². The van der Waals surface area contributed by atoms with Crippen molar-refractivity contribution in [3.05, 3.63) is 59.0 Å². The molecule has 0 spiro atoms. The normalized spacial score (nSPS) is 11.4. The van der Waals surface area contributed by atoms with Crippen molar-refractivity contribution in [2.24, 2.45) is 5.10 Å². The van der Waals surface area contributed by atoms with Crippen LogP contribution in [0.4, 0.5) is 0 Å². The fourth-order valence-electron chi connectivity index (χ4n) is 2.02. The lowest BCUT2D eigenvalue weighted by atomic mass is 10.1. The molecule has 104 valence electrons. The Bertz CT molecular complexity index is 627. The third-order valence-electron chi connectivity index (χ3n) is 2.93. The zero-order chi connectivity index (χ0) is 14.5. The van der Waals surface area contributed by atoms with Crippen molar-refractivity contribution >= 4 is 11.6 Å². The number of aryl methyl sites for hydroxylation is 2. The number of hydrogen-bond acceptors (Lipinski definition) is 3. The number of amides is 1. The Balaban J connectivity index is 1.98. The molecule has 20 heavy (non-hydrogen) atoms. The molecule has 1 heterocycles. The van der Waals surface area contributed by atoms with Gasteiger partial charge in [-0.3, -0.25) is 4.79 Å². The Morgan fingerprint density at radius 1 is 1.25 bits per heavy atom. The van der Waals surface area contributed by atoms with Gasteiger partial charge >= 0.3 is 0 Å². The van der Waals surface area contributed by atoms with E-state index in [0.717, 1.165) is 16.9 Å². The van der Waals surface area contributed by atoms with Crippen LogP contribution in [0, 0.1) is 13.8 Å². The van der Waals surface area contributed by atoms with Gasteiger partial charge in [-0.25, -0.2) is 5.43 Å². The van der Waals surface area contributed by atoms with Crippen molar-refractivity contribution in [1.29, 1.82) is 0 Å². The van der Waals surface area contributed by atoms with E-state index < -0.39 is 0 Å². The monoisotopic (exact) mass is 270 g/mol. The molecule has 0 radical (unpaired) electrons. The Morgan fingerprint density at radius 3 is 2.55 bits per heavy atom. The lowest BCUT2D eigenvalue weighted by Gasteiger charge is -2.02. The van der Waals surface area contributed by atoms with E-state index >= 15 is 0 Å². The summed E-state index contributed by atoms with van der Waals surface area (Å²) in [5.41, 5.74) is 5.19. The van der Waals surface area contributed by atoms with Crippen LogP contribution in [-0.2, 0) is 11.2 Å². The van der Waals surface area contributed by atoms with Gasteiger partial charge in [0, 0.05) is 0 Å². The van der Waals surface area contributed by atoms with Gasteiger partial charge in [0.1, 0.15) is 11.5 Å². The maximum Gasteiger partial charge on any atom is 0.244 e. The summed E-state index contributed by atoms with van der Waals surface area (Å²) in [5, 5.41) is 4.09. The van der Waals surface area contributed by atoms with Gasteiger partial charge in [0.2, 0.25) is 5.91 Å². The predicted molar refractivity (Wildman–Crippen MR) is 78.7 cm³/mol. The van der Waals surface area contributed by atoms with E-state index in [0.29, 0.717) is 17.9 Å². The van der Waals surface area contributed by atoms with E-state index in [9.17, 15) is 4.79 Å². The van der Waals surface area contributed by atoms with Gasteiger partial charge in [-0.1, -0.05) is 30.3 Å². The van der Waals surface area contributed by atoms with Crippen molar-refractivity contribution in [2.75, 3.05) is 0 Å². The molecule has 0 fully saturated rings. The quantitative estimate of drug-likeness (QED) is 0.686. The second-order valence-corrected chi connectivity index (χ2v) is 4.76. The average molecular weight is 270 g/mol. The molecule has 1 aromatic heterocycles. The van der Waals surface area contributed by atoms with E-state index in [-0.39, 0.29) is 5.91 Å². The van der Waals surface area contributed by atoms with Crippen LogP contribution in [0.3, 0.4) is 0 Å². The van der Waals surface area contributed by atoms with Crippen molar-refractivity contribution in [2.45, 2.75) is 27.2 Å². The van der Waals surface area contributed by atoms with Crippen molar-refractivity contribution in [3.8, 4) is 0 Å². The molecule has 0 saturated heterocycles. The zero-order valence-electron chi connectivity index (χ0n) is 11.9. The molecule has 0 aliphatic carbocycles. The molecule has 1 amide bonds. The third kappa shape index (κ3) is 3.57. The summed E-state index contributed by atoms with van der Waals surface area (Å²) in [5.74, 6) is 1.40. The third-order valence-corrected chi connectivity index (χ3v) is 2.93. The van der Waals surface area contributed by atoms with Crippen LogP contribution in [0.2, 0.25) is 0 Å². The number of rotatable bonds is 4. The number of hydrogen-bond donors (Lipinski definition) is 1. The van der Waals surface area contributed by atoms with Gasteiger partial charge < -0.3 is 4.42 Å². The first kappa shape index (κ1) is 14.1. The molecular formula is C16H18N2O2. The number of nitrogens with zero attached hydrogens (tertiary/aromatic N) is 1. The molecule has 0 unspecified atom stereocenters. The first-order valence-electron chi connectivity index (χ1n) is 6.50. The van der Waals surface area contributed by atoms with Crippen LogP contribution in [0.5, 0.6) is 0 Å². The molecule has 0 atom stereocenters. The minimum absolute atomic E-state index is 0.142. The molecule has 0 aliphatic rings. The summed E-state index contributed by atoms with van der Waals surface area (Å²) in [7, 11) is 0. The number of carbonyl (C=O) groups excluding carboxylic acids is 1. The molecular weight excluding hydrogens is 252 g/mol. The van der Waals surface area contributed by atoms with Gasteiger partial charge in [-0.05, 0) is 38.0 Å². The molecule has 2 rings (SSSR count). The first-order chi connectivity index (χ1) is 9.56. The molecule has 1 N–H and O–H groups in total. The van der Waals surface area contributed by atoms with E-state index in [1.54, 1.807) is 0 Å². The lowest BCUT2D eigenvalue weighted by molar-refractivity contribution is -0.120. The molecule has 1 aromatic carbocycles. The van der Waals surface area contributed by atoms with Gasteiger partial charge in [0.15, 0.2) is 5.76 Å². The van der Waals surface area contributed by atoms with Crippen LogP contribution >= 0.6 is 0 Å². The highest BCUT2D eigenvalue weighted by Crippen LogP contribution is 2.14. The number of carbonyl (C=O) groups is 1. The lowest BCUT2D eigenvalue weighted by Crippen LogP contribution is -2.21. The largest absolute Gasteiger partial charge is 0.460 e. The van der Waals surface area contributed by atoms with Crippen molar-refractivity contribution < 1.29 is 9.21 Å². The van der Waals surface area contributed by atoms with Crippen molar-refractivity contribution in [1.82, 2.24) is 5.43 Å². The Morgan fingerprint density at radius 2 is 1.95 bits per heavy atom. The second kappa shape index (κ2) is 6.19. The fourth-order valence-corrected chi connectivity index (χ4v) is 2.02. The van der Waals surface area contributed by atoms with Crippen molar-refractivity contribution in [3.63, 3.8) is 0 Å². The first-order valence-corrected chi connectivity index (χ1v) is 6.50. The number of furan rings is 1. The topological polar surface area (TPSA) is 54.6 Å². The van der Waals surface area contributed by atoms with Crippen LogP contribution in [0.1, 0.15) is 29.6 Å². The standard InChI is InChI=1S/C16H18N2O2/c1-11-9-12(2)20-16(11)13(3)17-18-15(19)10-14-7-5-4-6-8-14/h4-9H,10H2,1-3H3,(H,18,19)/b17-13+. The maximum atomic E-state index is 11.8. The van der Waals surface area contributed by atoms with Crippen LogP contribution in [-0.4, -0.2) is 11.6 Å². The maximum absolute atomic E-state index is 11.8. The van der Waals surface area contributed by atoms with Crippen LogP contribution in [0.15, 0.2) is 45.9 Å². The van der Waals surface area contributed by atoms with E-state index in [4.69, 9.17) is 4.42 Å². The molecule has 0 aliphatic heterocycles.